The van der Waals surface area contributed by atoms with Gasteiger partial charge in [0.1, 0.15) is 5.75 Å². The molecule has 20 heavy (non-hydrogen) atoms. The Morgan fingerprint density at radius 3 is 2.65 bits per heavy atom. The van der Waals surface area contributed by atoms with E-state index in [0.717, 1.165) is 23.2 Å². The SMILES string of the molecule is CCOc1ccc(N[C@H]2SC(=O)N(CCBr)C2=O)cc1. The highest BCUT2D eigenvalue weighted by Crippen LogP contribution is 2.28. The number of imide groups is 1. The van der Waals surface area contributed by atoms with Gasteiger partial charge in [0, 0.05) is 17.6 Å². The zero-order valence-corrected chi connectivity index (χ0v) is 13.4. The van der Waals surface area contributed by atoms with Crippen molar-refractivity contribution in [2.24, 2.45) is 0 Å². The first kappa shape index (κ1) is 15.2. The lowest BCUT2D eigenvalue weighted by atomic mass is 10.3. The molecule has 0 radical (unpaired) electrons. The zero-order valence-electron chi connectivity index (χ0n) is 11.0. The first-order valence-electron chi connectivity index (χ1n) is 6.23. The van der Waals surface area contributed by atoms with Crippen LogP contribution in [0.15, 0.2) is 24.3 Å². The number of rotatable bonds is 6. The summed E-state index contributed by atoms with van der Waals surface area (Å²) in [7, 11) is 0. The Morgan fingerprint density at radius 1 is 1.35 bits per heavy atom. The summed E-state index contributed by atoms with van der Waals surface area (Å²) < 4.78 is 5.35. The molecule has 1 aliphatic rings. The van der Waals surface area contributed by atoms with Crippen molar-refractivity contribution in [2.75, 3.05) is 23.8 Å². The third kappa shape index (κ3) is 3.46. The highest BCUT2D eigenvalue weighted by Gasteiger charge is 2.39. The van der Waals surface area contributed by atoms with Gasteiger partial charge >= 0.3 is 0 Å². The second kappa shape index (κ2) is 6.99. The van der Waals surface area contributed by atoms with Gasteiger partial charge in [-0.2, -0.15) is 0 Å². The molecule has 1 aromatic carbocycles. The molecule has 1 N–H and O–H groups in total. The number of anilines is 1. The van der Waals surface area contributed by atoms with Crippen molar-refractivity contribution in [2.45, 2.75) is 12.3 Å². The number of ether oxygens (including phenoxy) is 1. The molecular weight excluding hydrogens is 344 g/mol. The summed E-state index contributed by atoms with van der Waals surface area (Å²) in [5.74, 6) is 0.578. The number of carbonyl (C=O) groups is 2. The first-order valence-corrected chi connectivity index (χ1v) is 8.23. The van der Waals surface area contributed by atoms with Gasteiger partial charge in [0.15, 0.2) is 5.37 Å². The predicted molar refractivity (Wildman–Crippen MR) is 83.5 cm³/mol. The van der Waals surface area contributed by atoms with E-state index in [1.54, 1.807) is 0 Å². The molecule has 1 saturated heterocycles. The lowest BCUT2D eigenvalue weighted by Crippen LogP contribution is -2.35. The Kier molecular flexibility index (Phi) is 5.31. The van der Waals surface area contributed by atoms with Gasteiger partial charge in [0.05, 0.1) is 6.61 Å². The van der Waals surface area contributed by atoms with E-state index in [4.69, 9.17) is 4.74 Å². The molecule has 0 spiro atoms. The van der Waals surface area contributed by atoms with Crippen LogP contribution in [-0.2, 0) is 4.79 Å². The van der Waals surface area contributed by atoms with Crippen LogP contribution in [0.25, 0.3) is 0 Å². The van der Waals surface area contributed by atoms with Crippen LogP contribution in [-0.4, -0.2) is 39.9 Å². The van der Waals surface area contributed by atoms with E-state index in [1.807, 2.05) is 31.2 Å². The van der Waals surface area contributed by atoms with Crippen LogP contribution in [0.3, 0.4) is 0 Å². The maximum absolute atomic E-state index is 12.1. The van der Waals surface area contributed by atoms with Gasteiger partial charge in [0.25, 0.3) is 11.1 Å². The molecule has 108 valence electrons. The van der Waals surface area contributed by atoms with Crippen molar-refractivity contribution >= 4 is 44.5 Å². The number of benzene rings is 1. The van der Waals surface area contributed by atoms with E-state index in [-0.39, 0.29) is 11.1 Å². The Morgan fingerprint density at radius 2 is 2.05 bits per heavy atom. The van der Waals surface area contributed by atoms with Crippen LogP contribution in [0, 0.1) is 0 Å². The second-order valence-corrected chi connectivity index (χ2v) is 5.89. The molecule has 0 aromatic heterocycles. The Balaban J connectivity index is 2.00. The van der Waals surface area contributed by atoms with Crippen molar-refractivity contribution in [1.29, 1.82) is 0 Å². The molecule has 0 bridgehead atoms. The molecule has 1 atom stereocenters. The summed E-state index contributed by atoms with van der Waals surface area (Å²) in [4.78, 5) is 25.0. The number of hydrogen-bond donors (Lipinski definition) is 1. The van der Waals surface area contributed by atoms with Gasteiger partial charge < -0.3 is 10.1 Å². The van der Waals surface area contributed by atoms with Crippen molar-refractivity contribution in [1.82, 2.24) is 4.90 Å². The van der Waals surface area contributed by atoms with E-state index >= 15 is 0 Å². The monoisotopic (exact) mass is 358 g/mol. The zero-order chi connectivity index (χ0) is 14.5. The van der Waals surface area contributed by atoms with Crippen LogP contribution < -0.4 is 10.1 Å². The van der Waals surface area contributed by atoms with Gasteiger partial charge in [-0.05, 0) is 43.0 Å². The first-order chi connectivity index (χ1) is 9.65. The minimum absolute atomic E-state index is 0.201. The van der Waals surface area contributed by atoms with E-state index < -0.39 is 5.37 Å². The maximum atomic E-state index is 12.1. The summed E-state index contributed by atoms with van der Waals surface area (Å²) in [6, 6.07) is 7.31. The number of halogens is 1. The molecule has 2 rings (SSSR count). The second-order valence-electron chi connectivity index (χ2n) is 4.04. The molecular formula is C13H15BrN2O3S. The predicted octanol–water partition coefficient (Wildman–Crippen LogP) is 2.91. The lowest BCUT2D eigenvalue weighted by molar-refractivity contribution is -0.125. The third-order valence-electron chi connectivity index (χ3n) is 2.70. The van der Waals surface area contributed by atoms with Crippen LogP contribution in [0.2, 0.25) is 0 Å². The number of alkyl halides is 1. The molecule has 1 aromatic rings. The molecule has 1 heterocycles. The molecule has 5 nitrogen and oxygen atoms in total. The average molecular weight is 359 g/mol. The maximum Gasteiger partial charge on any atom is 0.290 e. The number of hydrogen-bond acceptors (Lipinski definition) is 5. The van der Waals surface area contributed by atoms with Crippen LogP contribution >= 0.6 is 27.7 Å². The molecule has 0 saturated carbocycles. The fraction of sp³-hybridized carbons (Fsp3) is 0.385. The minimum Gasteiger partial charge on any atom is -0.494 e. The summed E-state index contributed by atoms with van der Waals surface area (Å²) in [6.45, 7) is 2.93. The fourth-order valence-corrected chi connectivity index (χ4v) is 3.08. The van der Waals surface area contributed by atoms with E-state index in [9.17, 15) is 9.59 Å². The average Bonchev–Trinajstić information content (AvgIpc) is 2.69. The van der Waals surface area contributed by atoms with Crippen molar-refractivity contribution < 1.29 is 14.3 Å². The Labute approximate surface area is 130 Å². The van der Waals surface area contributed by atoms with Crippen LogP contribution in [0.1, 0.15) is 6.92 Å². The Bertz CT molecular complexity index is 495. The summed E-state index contributed by atoms with van der Waals surface area (Å²) in [5, 5.41) is 2.88. The smallest absolute Gasteiger partial charge is 0.290 e. The molecule has 7 heteroatoms. The Hall–Kier alpha value is -1.21. The topological polar surface area (TPSA) is 58.6 Å². The van der Waals surface area contributed by atoms with Gasteiger partial charge in [0.2, 0.25) is 0 Å². The normalized spacial score (nSPS) is 18.5. The fourth-order valence-electron chi connectivity index (χ4n) is 1.79. The lowest BCUT2D eigenvalue weighted by Gasteiger charge is -2.13. The van der Waals surface area contributed by atoms with Gasteiger partial charge in [-0.3, -0.25) is 14.5 Å². The number of thioether (sulfide) groups is 1. The molecule has 0 aliphatic carbocycles. The van der Waals surface area contributed by atoms with E-state index in [1.165, 1.54) is 4.90 Å². The highest BCUT2D eigenvalue weighted by atomic mass is 79.9. The number of nitrogens with zero attached hydrogens (tertiary/aromatic N) is 1. The summed E-state index contributed by atoms with van der Waals surface area (Å²) >= 11 is 4.24. The van der Waals surface area contributed by atoms with Crippen LogP contribution in [0.5, 0.6) is 5.75 Å². The van der Waals surface area contributed by atoms with Crippen molar-refractivity contribution in [3.63, 3.8) is 0 Å². The van der Waals surface area contributed by atoms with Gasteiger partial charge in [-0.15, -0.1) is 0 Å². The molecule has 2 amide bonds. The summed E-state index contributed by atoms with van der Waals surface area (Å²) in [6.07, 6.45) is 0. The largest absolute Gasteiger partial charge is 0.494 e. The highest BCUT2D eigenvalue weighted by molar-refractivity contribution is 9.09. The third-order valence-corrected chi connectivity index (χ3v) is 4.03. The van der Waals surface area contributed by atoms with Crippen molar-refractivity contribution in [3.8, 4) is 5.75 Å². The van der Waals surface area contributed by atoms with Crippen LogP contribution in [0.4, 0.5) is 10.5 Å². The number of carbonyl (C=O) groups excluding carboxylic acids is 2. The van der Waals surface area contributed by atoms with E-state index in [2.05, 4.69) is 21.2 Å². The quantitative estimate of drug-likeness (QED) is 0.792. The summed E-state index contributed by atoms with van der Waals surface area (Å²) in [5.41, 5.74) is 0.785. The minimum atomic E-state index is -0.556. The molecule has 0 unspecified atom stereocenters. The number of amides is 2. The molecule has 1 fully saturated rings. The molecule has 1 aliphatic heterocycles. The van der Waals surface area contributed by atoms with E-state index in [0.29, 0.717) is 18.5 Å². The standard InChI is InChI=1S/C13H15BrN2O3S/c1-2-19-10-5-3-9(4-6-10)15-11-12(17)16(8-7-14)13(18)20-11/h3-6,11,15H,2,7-8H2,1H3/t11-/m0/s1. The van der Waals surface area contributed by atoms with Crippen molar-refractivity contribution in [3.05, 3.63) is 24.3 Å². The van der Waals surface area contributed by atoms with Gasteiger partial charge in [-0.25, -0.2) is 0 Å². The number of nitrogens with one attached hydrogen (secondary N) is 1. The van der Waals surface area contributed by atoms with Gasteiger partial charge in [-0.1, -0.05) is 15.9 Å².